The van der Waals surface area contributed by atoms with E-state index >= 15 is 0 Å². The molecule has 0 spiro atoms. The van der Waals surface area contributed by atoms with Crippen LogP contribution in [0.3, 0.4) is 0 Å². The van der Waals surface area contributed by atoms with Gasteiger partial charge < -0.3 is 0 Å². The van der Waals surface area contributed by atoms with Crippen LogP contribution in [0.2, 0.25) is 18.2 Å². The molecular formula is C9H12BClN+. The van der Waals surface area contributed by atoms with Gasteiger partial charge in [-0.3, -0.25) is 0 Å². The van der Waals surface area contributed by atoms with Gasteiger partial charge in [-0.2, -0.15) is 0 Å². The Labute approximate surface area is 79.2 Å². The first-order valence-electron chi connectivity index (χ1n) is 4.12. The lowest BCUT2D eigenvalue weighted by Gasteiger charge is -2.02. The third kappa shape index (κ3) is 1.95. The second kappa shape index (κ2) is 3.86. The summed E-state index contributed by atoms with van der Waals surface area (Å²) < 4.78 is 0. The van der Waals surface area contributed by atoms with Crippen molar-refractivity contribution >= 4 is 23.8 Å². The predicted molar refractivity (Wildman–Crippen MR) is 55.4 cm³/mol. The molecule has 0 unspecified atom stereocenters. The summed E-state index contributed by atoms with van der Waals surface area (Å²) in [6.45, 7) is 8.54. The van der Waals surface area contributed by atoms with Gasteiger partial charge in [0.15, 0.2) is 6.71 Å². The van der Waals surface area contributed by atoms with Crippen LogP contribution in [0.5, 0.6) is 0 Å². The molecule has 0 aliphatic heterocycles. The smallest absolute Gasteiger partial charge is 0.216 e. The Kier molecular flexibility index (Phi) is 3.04. The van der Waals surface area contributed by atoms with E-state index < -0.39 is 0 Å². The number of aromatic nitrogens is 1. The zero-order chi connectivity index (χ0) is 9.14. The van der Waals surface area contributed by atoms with E-state index in [9.17, 15) is 0 Å². The maximum absolute atomic E-state index is 5.89. The van der Waals surface area contributed by atoms with Crippen LogP contribution in [-0.2, 0) is 0 Å². The fourth-order valence-corrected chi connectivity index (χ4v) is 1.16. The van der Waals surface area contributed by atoms with E-state index in [4.69, 9.17) is 11.6 Å². The Balaban J connectivity index is 2.96. The van der Waals surface area contributed by atoms with Crippen LogP contribution in [-0.4, -0.2) is 11.7 Å². The van der Waals surface area contributed by atoms with Gasteiger partial charge in [-0.15, -0.1) is 0 Å². The van der Waals surface area contributed by atoms with E-state index in [0.29, 0.717) is 17.4 Å². The van der Waals surface area contributed by atoms with E-state index in [1.54, 1.807) is 0 Å². The first kappa shape index (κ1) is 9.46. The van der Waals surface area contributed by atoms with E-state index in [1.807, 2.05) is 12.3 Å². The van der Waals surface area contributed by atoms with Crippen LogP contribution in [0.15, 0.2) is 12.3 Å². The monoisotopic (exact) mass is 180 g/mol. The standard InChI is InChI=1S/C9H12BClN/c1-4-10(3)8-5-9(11)7(2)12-6-8/h5-6H,2,4H2,1,3H3/q+1. The minimum Gasteiger partial charge on any atom is -0.216 e. The highest BCUT2D eigenvalue weighted by Crippen LogP contribution is 2.09. The van der Waals surface area contributed by atoms with E-state index in [1.165, 1.54) is 5.46 Å². The minimum absolute atomic E-state index is 0.524. The summed E-state index contributed by atoms with van der Waals surface area (Å²) in [4.78, 5) is 4.10. The molecule has 0 radical (unpaired) electrons. The largest absolute Gasteiger partial charge is 0.238 e. The predicted octanol–water partition coefficient (Wildman–Crippen LogP) is 2.27. The molecule has 0 fully saturated rings. The van der Waals surface area contributed by atoms with Gasteiger partial charge in [0.25, 0.3) is 0 Å². The molecule has 0 saturated carbocycles. The minimum atomic E-state index is 0.524. The second-order valence-corrected chi connectivity index (χ2v) is 3.41. The van der Waals surface area contributed by atoms with E-state index in [-0.39, 0.29) is 0 Å². The van der Waals surface area contributed by atoms with Crippen LogP contribution in [0.4, 0.5) is 0 Å². The molecule has 1 rings (SSSR count). The van der Waals surface area contributed by atoms with Crippen molar-refractivity contribution in [3.05, 3.63) is 29.9 Å². The lowest BCUT2D eigenvalue weighted by Crippen LogP contribution is -2.25. The zero-order valence-electron chi connectivity index (χ0n) is 7.47. The molecule has 0 saturated heterocycles. The molecular weight excluding hydrogens is 168 g/mol. The molecule has 1 nitrogen and oxygen atoms in total. The summed E-state index contributed by atoms with van der Waals surface area (Å²) in [6.07, 6.45) is 2.96. The van der Waals surface area contributed by atoms with Crippen LogP contribution >= 0.6 is 11.6 Å². The average molecular weight is 180 g/mol. The summed E-state index contributed by atoms with van der Waals surface area (Å²) >= 11 is 5.89. The lowest BCUT2D eigenvalue weighted by molar-refractivity contribution is 1.28. The third-order valence-electron chi connectivity index (χ3n) is 2.12. The maximum Gasteiger partial charge on any atom is 0.238 e. The summed E-state index contributed by atoms with van der Waals surface area (Å²) in [6, 6.07) is 1.95. The Morgan fingerprint density at radius 2 is 2.33 bits per heavy atom. The third-order valence-corrected chi connectivity index (χ3v) is 2.45. The molecule has 0 N–H and O–H groups in total. The molecule has 0 atom stereocenters. The van der Waals surface area contributed by atoms with Gasteiger partial charge in [0.1, 0.15) is 0 Å². The first-order chi connectivity index (χ1) is 5.65. The summed E-state index contributed by atoms with van der Waals surface area (Å²) in [5, 5.41) is 0.660. The summed E-state index contributed by atoms with van der Waals surface area (Å²) in [7, 11) is 0. The molecule has 1 aromatic rings. The van der Waals surface area contributed by atoms with Crippen molar-refractivity contribution in [3.63, 3.8) is 0 Å². The van der Waals surface area contributed by atoms with Crippen LogP contribution in [0.25, 0.3) is 0 Å². The normalized spacial score (nSPS) is 9.92. The van der Waals surface area contributed by atoms with Crippen LogP contribution in [0.1, 0.15) is 12.6 Å². The van der Waals surface area contributed by atoms with E-state index in [0.717, 1.165) is 6.32 Å². The van der Waals surface area contributed by atoms with Crippen molar-refractivity contribution in [2.24, 2.45) is 0 Å². The second-order valence-electron chi connectivity index (χ2n) is 3.01. The number of rotatable bonds is 2. The molecule has 12 heavy (non-hydrogen) atoms. The van der Waals surface area contributed by atoms with Gasteiger partial charge in [-0.25, -0.2) is 4.98 Å². The van der Waals surface area contributed by atoms with Crippen molar-refractivity contribution in [2.45, 2.75) is 20.1 Å². The fraction of sp³-hybridized carbons (Fsp3) is 0.333. The fourth-order valence-electron chi connectivity index (χ4n) is 0.986. The number of hydrogen-bond donors (Lipinski definition) is 0. The van der Waals surface area contributed by atoms with Crippen molar-refractivity contribution < 1.29 is 0 Å². The number of pyridine rings is 1. The number of hydrogen-bond acceptors (Lipinski definition) is 1. The van der Waals surface area contributed by atoms with Crippen LogP contribution < -0.4 is 5.46 Å². The first-order valence-corrected chi connectivity index (χ1v) is 4.50. The molecule has 0 bridgehead atoms. The van der Waals surface area contributed by atoms with Crippen molar-refractivity contribution in [1.29, 1.82) is 0 Å². The quantitative estimate of drug-likeness (QED) is 0.503. The summed E-state index contributed by atoms with van der Waals surface area (Å²) in [5.74, 6) is 0. The zero-order valence-corrected chi connectivity index (χ0v) is 8.23. The Morgan fingerprint density at radius 1 is 1.67 bits per heavy atom. The molecule has 62 valence electrons. The van der Waals surface area contributed by atoms with Crippen molar-refractivity contribution in [2.75, 3.05) is 0 Å². The van der Waals surface area contributed by atoms with Gasteiger partial charge in [-0.05, 0) is 5.46 Å². The highest BCUT2D eigenvalue weighted by atomic mass is 35.5. The van der Waals surface area contributed by atoms with Gasteiger partial charge in [0.05, 0.1) is 6.92 Å². The van der Waals surface area contributed by atoms with Crippen molar-refractivity contribution in [3.8, 4) is 0 Å². The van der Waals surface area contributed by atoms with Gasteiger partial charge >= 0.3 is 0 Å². The molecule has 0 aliphatic carbocycles. The Bertz CT molecular complexity index is 275. The van der Waals surface area contributed by atoms with Gasteiger partial charge in [0, 0.05) is 23.9 Å². The Hall–Kier alpha value is -0.625. The topological polar surface area (TPSA) is 12.9 Å². The highest BCUT2D eigenvalue weighted by molar-refractivity contribution is 6.72. The van der Waals surface area contributed by atoms with Crippen molar-refractivity contribution in [1.82, 2.24) is 4.98 Å². The lowest BCUT2D eigenvalue weighted by atomic mass is 9.45. The molecule has 1 aromatic heterocycles. The highest BCUT2D eigenvalue weighted by Gasteiger charge is 2.13. The number of nitrogens with zero attached hydrogens (tertiary/aromatic N) is 1. The molecule has 0 aliphatic rings. The average Bonchev–Trinajstić information content (AvgIpc) is 2.08. The Morgan fingerprint density at radius 3 is 2.83 bits per heavy atom. The maximum atomic E-state index is 5.89. The SMILES string of the molecule is [CH2+]c1ncc(B(C)CC)cc1Cl. The van der Waals surface area contributed by atoms with Crippen LogP contribution in [0, 0.1) is 6.92 Å². The summed E-state index contributed by atoms with van der Waals surface area (Å²) in [5.41, 5.74) is 1.85. The molecule has 0 amide bonds. The van der Waals surface area contributed by atoms with Gasteiger partial charge in [-0.1, -0.05) is 20.1 Å². The van der Waals surface area contributed by atoms with Gasteiger partial charge in [0.2, 0.25) is 10.7 Å². The van der Waals surface area contributed by atoms with E-state index in [2.05, 4.69) is 25.7 Å². The molecule has 0 aromatic carbocycles. The molecule has 1 heterocycles. The number of halogens is 1. The molecule has 3 heteroatoms.